The Morgan fingerprint density at radius 3 is 2.48 bits per heavy atom. The molecule has 3 amide bonds. The number of rotatable bonds is 6. The number of carbonyl (C=O) groups excluding carboxylic acids is 3. The van der Waals surface area contributed by atoms with Crippen LogP contribution in [0, 0.1) is 0 Å². The highest BCUT2D eigenvalue weighted by molar-refractivity contribution is 6.07. The van der Waals surface area contributed by atoms with E-state index in [-0.39, 0.29) is 24.3 Å². The maximum absolute atomic E-state index is 12.8. The van der Waals surface area contributed by atoms with E-state index in [4.69, 9.17) is 4.74 Å². The molecule has 1 saturated heterocycles. The molecule has 2 aromatic carbocycles. The van der Waals surface area contributed by atoms with Crippen LogP contribution in [0.3, 0.4) is 0 Å². The fourth-order valence-electron chi connectivity index (χ4n) is 3.08. The van der Waals surface area contributed by atoms with Crippen LogP contribution < -0.4 is 10.1 Å². The number of likely N-dealkylation sites (N-methyl/N-ethyl adjacent to an activating group) is 1. The summed E-state index contributed by atoms with van der Waals surface area (Å²) in [6.07, 6.45) is 2.05. The summed E-state index contributed by atoms with van der Waals surface area (Å²) in [5.74, 6) is -0.272. The van der Waals surface area contributed by atoms with Crippen molar-refractivity contribution >= 4 is 23.4 Å². The Kier molecular flexibility index (Phi) is 6.49. The number of carbonyl (C=O) groups is 3. The molecule has 0 saturated carbocycles. The normalized spacial score (nSPS) is 13.1. The summed E-state index contributed by atoms with van der Waals surface area (Å²) in [4.78, 5) is 40.3. The lowest BCUT2D eigenvalue weighted by atomic mass is 10.1. The van der Waals surface area contributed by atoms with E-state index in [9.17, 15) is 14.4 Å². The minimum Gasteiger partial charge on any atom is -0.483 e. The Morgan fingerprint density at radius 1 is 1.03 bits per heavy atom. The van der Waals surface area contributed by atoms with Gasteiger partial charge in [-0.25, -0.2) is 0 Å². The van der Waals surface area contributed by atoms with Gasteiger partial charge in [-0.05, 0) is 43.2 Å². The standard InChI is InChI=1S/C22H25N3O4/c1-24(2)20(26)15-29-19-11-4-3-10-18(19)21(27)23-17-9-7-8-16(14-17)22(28)25-12-5-6-13-25/h3-4,7-11,14H,5-6,12-13,15H2,1-2H3,(H,23,27). The molecule has 7 nitrogen and oxygen atoms in total. The third-order valence-electron chi connectivity index (χ3n) is 4.74. The molecular weight excluding hydrogens is 370 g/mol. The molecule has 0 aromatic heterocycles. The molecule has 0 spiro atoms. The predicted octanol–water partition coefficient (Wildman–Crippen LogP) is 2.64. The van der Waals surface area contributed by atoms with Crippen molar-refractivity contribution in [3.63, 3.8) is 0 Å². The van der Waals surface area contributed by atoms with E-state index >= 15 is 0 Å². The fourth-order valence-corrected chi connectivity index (χ4v) is 3.08. The highest BCUT2D eigenvalue weighted by atomic mass is 16.5. The molecule has 0 bridgehead atoms. The van der Waals surface area contributed by atoms with Gasteiger partial charge in [-0.15, -0.1) is 0 Å². The van der Waals surface area contributed by atoms with Crippen molar-refractivity contribution in [2.75, 3.05) is 39.1 Å². The molecule has 0 unspecified atom stereocenters. The van der Waals surface area contributed by atoms with Crippen LogP contribution in [-0.4, -0.2) is 61.3 Å². The predicted molar refractivity (Wildman–Crippen MR) is 110 cm³/mol. The minimum atomic E-state index is -0.372. The lowest BCUT2D eigenvalue weighted by molar-refractivity contribution is -0.130. The van der Waals surface area contributed by atoms with Crippen LogP contribution in [-0.2, 0) is 4.79 Å². The van der Waals surface area contributed by atoms with Gasteiger partial charge in [-0.2, -0.15) is 0 Å². The summed E-state index contributed by atoms with van der Waals surface area (Å²) < 4.78 is 5.54. The van der Waals surface area contributed by atoms with E-state index in [1.54, 1.807) is 62.6 Å². The van der Waals surface area contributed by atoms with E-state index in [0.717, 1.165) is 25.9 Å². The van der Waals surface area contributed by atoms with Crippen molar-refractivity contribution in [3.05, 3.63) is 59.7 Å². The van der Waals surface area contributed by atoms with Crippen molar-refractivity contribution in [1.29, 1.82) is 0 Å². The van der Waals surface area contributed by atoms with Crippen LogP contribution in [0.2, 0.25) is 0 Å². The van der Waals surface area contributed by atoms with E-state index in [1.807, 2.05) is 4.90 Å². The van der Waals surface area contributed by atoms with Crippen molar-refractivity contribution in [2.24, 2.45) is 0 Å². The van der Waals surface area contributed by atoms with Gasteiger partial charge < -0.3 is 19.9 Å². The van der Waals surface area contributed by atoms with Gasteiger partial charge >= 0.3 is 0 Å². The zero-order valence-corrected chi connectivity index (χ0v) is 16.7. The molecule has 29 heavy (non-hydrogen) atoms. The molecule has 1 fully saturated rings. The number of nitrogens with one attached hydrogen (secondary N) is 1. The SMILES string of the molecule is CN(C)C(=O)COc1ccccc1C(=O)Nc1cccc(C(=O)N2CCCC2)c1. The number of likely N-dealkylation sites (tertiary alicyclic amines) is 1. The zero-order valence-electron chi connectivity index (χ0n) is 16.7. The van der Waals surface area contributed by atoms with E-state index in [2.05, 4.69) is 5.32 Å². The monoisotopic (exact) mass is 395 g/mol. The summed E-state index contributed by atoms with van der Waals surface area (Å²) in [6, 6.07) is 13.6. The third kappa shape index (κ3) is 5.13. The molecule has 2 aromatic rings. The largest absolute Gasteiger partial charge is 0.483 e. The summed E-state index contributed by atoms with van der Waals surface area (Å²) >= 11 is 0. The Hall–Kier alpha value is -3.35. The number of benzene rings is 2. The average Bonchev–Trinajstić information content (AvgIpc) is 3.26. The molecule has 0 radical (unpaired) electrons. The van der Waals surface area contributed by atoms with Crippen LogP contribution >= 0.6 is 0 Å². The summed E-state index contributed by atoms with van der Waals surface area (Å²) in [5.41, 5.74) is 1.39. The summed E-state index contributed by atoms with van der Waals surface area (Å²) in [5, 5.41) is 2.81. The Bertz CT molecular complexity index is 904. The molecular formula is C22H25N3O4. The number of hydrogen-bond acceptors (Lipinski definition) is 4. The molecule has 1 aliphatic heterocycles. The fraction of sp³-hybridized carbons (Fsp3) is 0.318. The lowest BCUT2D eigenvalue weighted by Gasteiger charge is -2.16. The molecule has 1 aliphatic rings. The third-order valence-corrected chi connectivity index (χ3v) is 4.74. The van der Waals surface area contributed by atoms with Crippen LogP contribution in [0.25, 0.3) is 0 Å². The first-order chi connectivity index (χ1) is 14.0. The first kappa shape index (κ1) is 20.4. The second kappa shape index (κ2) is 9.23. The second-order valence-electron chi connectivity index (χ2n) is 7.11. The molecule has 0 aliphatic carbocycles. The van der Waals surface area contributed by atoms with Crippen LogP contribution in [0.15, 0.2) is 48.5 Å². The maximum atomic E-state index is 12.8. The number of amides is 3. The zero-order chi connectivity index (χ0) is 20.8. The van der Waals surface area contributed by atoms with E-state index in [1.165, 1.54) is 4.90 Å². The number of para-hydroxylation sites is 1. The second-order valence-corrected chi connectivity index (χ2v) is 7.11. The van der Waals surface area contributed by atoms with Crippen LogP contribution in [0.1, 0.15) is 33.6 Å². The van der Waals surface area contributed by atoms with Crippen LogP contribution in [0.5, 0.6) is 5.75 Å². The van der Waals surface area contributed by atoms with Gasteiger partial charge in [0.25, 0.3) is 17.7 Å². The van der Waals surface area contributed by atoms with Gasteiger partial charge in [0.05, 0.1) is 5.56 Å². The summed E-state index contributed by atoms with van der Waals surface area (Å²) in [7, 11) is 3.28. The molecule has 1 heterocycles. The lowest BCUT2D eigenvalue weighted by Crippen LogP contribution is -2.28. The summed E-state index contributed by atoms with van der Waals surface area (Å²) in [6.45, 7) is 1.38. The number of hydrogen-bond donors (Lipinski definition) is 1. The highest BCUT2D eigenvalue weighted by Gasteiger charge is 2.20. The Morgan fingerprint density at radius 2 is 1.76 bits per heavy atom. The van der Waals surface area contributed by atoms with Gasteiger partial charge in [0, 0.05) is 38.4 Å². The smallest absolute Gasteiger partial charge is 0.259 e. The van der Waals surface area contributed by atoms with Crippen molar-refractivity contribution in [1.82, 2.24) is 9.80 Å². The van der Waals surface area contributed by atoms with Crippen LogP contribution in [0.4, 0.5) is 5.69 Å². The topological polar surface area (TPSA) is 79.0 Å². The first-order valence-corrected chi connectivity index (χ1v) is 9.58. The molecule has 7 heteroatoms. The quantitative estimate of drug-likeness (QED) is 0.816. The number of nitrogens with zero attached hydrogens (tertiary/aromatic N) is 2. The van der Waals surface area contributed by atoms with Gasteiger partial charge in [-0.1, -0.05) is 18.2 Å². The van der Waals surface area contributed by atoms with E-state index < -0.39 is 0 Å². The molecule has 3 rings (SSSR count). The Labute approximate surface area is 170 Å². The van der Waals surface area contributed by atoms with Crippen molar-refractivity contribution in [2.45, 2.75) is 12.8 Å². The molecule has 0 atom stereocenters. The number of ether oxygens (including phenoxy) is 1. The first-order valence-electron chi connectivity index (χ1n) is 9.58. The Balaban J connectivity index is 1.71. The van der Waals surface area contributed by atoms with Gasteiger partial charge in [0.15, 0.2) is 6.61 Å². The van der Waals surface area contributed by atoms with Gasteiger partial charge in [-0.3, -0.25) is 14.4 Å². The number of anilines is 1. The molecule has 152 valence electrons. The minimum absolute atomic E-state index is 0.0236. The van der Waals surface area contributed by atoms with Crippen molar-refractivity contribution < 1.29 is 19.1 Å². The van der Waals surface area contributed by atoms with Gasteiger partial charge in [0.2, 0.25) is 0 Å². The highest BCUT2D eigenvalue weighted by Crippen LogP contribution is 2.21. The average molecular weight is 395 g/mol. The maximum Gasteiger partial charge on any atom is 0.259 e. The molecule has 1 N–H and O–H groups in total. The van der Waals surface area contributed by atoms with Crippen molar-refractivity contribution in [3.8, 4) is 5.75 Å². The van der Waals surface area contributed by atoms with E-state index in [0.29, 0.717) is 22.6 Å². The van der Waals surface area contributed by atoms with Gasteiger partial charge in [0.1, 0.15) is 5.75 Å².